The maximum Gasteiger partial charge on any atom is 0.435 e. The van der Waals surface area contributed by atoms with Crippen molar-refractivity contribution in [3.05, 3.63) is 40.9 Å². The topological polar surface area (TPSA) is 85.8 Å². The summed E-state index contributed by atoms with van der Waals surface area (Å²) in [5, 5.41) is 11.7. The number of halogens is 3. The Morgan fingerprint density at radius 3 is 2.88 bits per heavy atom. The van der Waals surface area contributed by atoms with Crippen LogP contribution in [-0.4, -0.2) is 32.4 Å². The van der Waals surface area contributed by atoms with E-state index >= 15 is 0 Å². The average Bonchev–Trinajstić information content (AvgIpc) is 3.30. The molecule has 0 aromatic carbocycles. The minimum atomic E-state index is -4.47. The third-order valence-corrected chi connectivity index (χ3v) is 4.33. The number of nitrogens with one attached hydrogen (secondary N) is 1. The van der Waals surface area contributed by atoms with E-state index < -0.39 is 17.8 Å². The predicted octanol–water partition coefficient (Wildman–Crippen LogP) is 3.14. The molecule has 1 N–H and O–H groups in total. The van der Waals surface area contributed by atoms with Crippen molar-refractivity contribution in [1.29, 1.82) is 0 Å². The van der Waals surface area contributed by atoms with Gasteiger partial charge in [-0.2, -0.15) is 23.3 Å². The number of amides is 1. The summed E-state index contributed by atoms with van der Waals surface area (Å²) in [6.45, 7) is 2.02. The monoisotopic (exact) mass is 385 g/mol. The molecule has 0 bridgehead atoms. The Labute approximate surface area is 149 Å². The maximum absolute atomic E-state index is 12.6. The zero-order valence-corrected chi connectivity index (χ0v) is 14.4. The lowest BCUT2D eigenvalue weighted by molar-refractivity contribution is -0.141. The van der Waals surface area contributed by atoms with E-state index in [1.54, 1.807) is 13.0 Å². The lowest BCUT2D eigenvalue weighted by Gasteiger charge is -2.05. The van der Waals surface area contributed by atoms with Gasteiger partial charge in [0.25, 0.3) is 0 Å². The smallest absolute Gasteiger partial charge is 0.348 e. The molecular weight excluding hydrogens is 371 g/mol. The Hall–Kier alpha value is -2.69. The van der Waals surface area contributed by atoms with Crippen LogP contribution in [0.4, 0.5) is 13.2 Å². The van der Waals surface area contributed by atoms with Gasteiger partial charge >= 0.3 is 18.0 Å². The molecule has 0 fully saturated rings. The number of carbonyl (C=O) groups is 1. The molecule has 3 aromatic heterocycles. The molecule has 0 aliphatic carbocycles. The van der Waals surface area contributed by atoms with Crippen molar-refractivity contribution < 1.29 is 22.5 Å². The lowest BCUT2D eigenvalue weighted by atomic mass is 10.3. The van der Waals surface area contributed by atoms with Gasteiger partial charge in [-0.05, 0) is 30.9 Å². The van der Waals surface area contributed by atoms with Gasteiger partial charge in [0.15, 0.2) is 5.69 Å². The second-order valence-corrected chi connectivity index (χ2v) is 6.35. The van der Waals surface area contributed by atoms with Crippen LogP contribution in [0.15, 0.2) is 28.1 Å². The third-order valence-electron chi connectivity index (χ3n) is 3.47. The zero-order chi connectivity index (χ0) is 18.7. The number of alkyl halides is 3. The lowest BCUT2D eigenvalue weighted by Crippen LogP contribution is -2.25. The molecule has 1 amide bonds. The molecule has 138 valence electrons. The van der Waals surface area contributed by atoms with Crippen LogP contribution in [0.1, 0.15) is 28.5 Å². The van der Waals surface area contributed by atoms with Gasteiger partial charge in [0.1, 0.15) is 0 Å². The van der Waals surface area contributed by atoms with Crippen molar-refractivity contribution >= 4 is 17.2 Å². The molecule has 26 heavy (non-hydrogen) atoms. The van der Waals surface area contributed by atoms with Gasteiger partial charge in [-0.3, -0.25) is 9.48 Å². The molecule has 11 heteroatoms. The number of aromatic nitrogens is 4. The minimum absolute atomic E-state index is 0.164. The summed E-state index contributed by atoms with van der Waals surface area (Å²) >= 11 is 1.42. The third kappa shape index (κ3) is 4.10. The van der Waals surface area contributed by atoms with Gasteiger partial charge in [-0.15, -0.1) is 11.3 Å². The zero-order valence-electron chi connectivity index (χ0n) is 13.6. The fraction of sp³-hybridized carbons (Fsp3) is 0.333. The first-order chi connectivity index (χ1) is 12.3. The normalized spacial score (nSPS) is 11.7. The van der Waals surface area contributed by atoms with E-state index in [9.17, 15) is 18.0 Å². The summed E-state index contributed by atoms with van der Waals surface area (Å²) in [4.78, 5) is 16.8. The fourth-order valence-electron chi connectivity index (χ4n) is 2.20. The van der Waals surface area contributed by atoms with Crippen molar-refractivity contribution in [1.82, 2.24) is 25.2 Å². The highest BCUT2D eigenvalue weighted by atomic mass is 32.1. The number of carbonyl (C=O) groups excluding carboxylic acids is 1. The van der Waals surface area contributed by atoms with Crippen molar-refractivity contribution in [3.8, 4) is 10.7 Å². The van der Waals surface area contributed by atoms with E-state index in [0.717, 1.165) is 10.9 Å². The molecule has 7 nitrogen and oxygen atoms in total. The second-order valence-electron chi connectivity index (χ2n) is 5.40. The van der Waals surface area contributed by atoms with Gasteiger partial charge in [0.05, 0.1) is 4.88 Å². The summed E-state index contributed by atoms with van der Waals surface area (Å²) in [6, 6.07) is 4.62. The van der Waals surface area contributed by atoms with Crippen LogP contribution in [0.2, 0.25) is 0 Å². The van der Waals surface area contributed by atoms with Crippen molar-refractivity contribution in [3.63, 3.8) is 0 Å². The Bertz CT molecular complexity index is 886. The summed E-state index contributed by atoms with van der Waals surface area (Å²) in [5.41, 5.74) is -0.521. The number of thiophene rings is 1. The van der Waals surface area contributed by atoms with Crippen LogP contribution in [0, 0.1) is 6.92 Å². The highest BCUT2D eigenvalue weighted by molar-refractivity contribution is 7.13. The first-order valence-corrected chi connectivity index (χ1v) is 8.50. The molecule has 0 saturated heterocycles. The molecule has 3 aromatic rings. The molecule has 0 unspecified atom stereocenters. The molecule has 0 aliphatic rings. The van der Waals surface area contributed by atoms with Gasteiger partial charge in [0, 0.05) is 18.8 Å². The Morgan fingerprint density at radius 2 is 2.23 bits per heavy atom. The van der Waals surface area contributed by atoms with E-state index in [4.69, 9.17) is 4.52 Å². The minimum Gasteiger partial charge on any atom is -0.348 e. The SMILES string of the molecule is Cc1cc(C(F)(F)F)nn1CCCNC(=O)c1nc(-c2cccs2)no1. The number of hydrogen-bond donors (Lipinski definition) is 1. The molecule has 0 saturated carbocycles. The fourth-order valence-corrected chi connectivity index (χ4v) is 2.85. The first-order valence-electron chi connectivity index (χ1n) is 7.62. The van der Waals surface area contributed by atoms with E-state index in [1.165, 1.54) is 16.0 Å². The largest absolute Gasteiger partial charge is 0.435 e. The first kappa shape index (κ1) is 18.1. The second kappa shape index (κ2) is 7.28. The Kier molecular flexibility index (Phi) is 5.07. The number of nitrogens with zero attached hydrogens (tertiary/aromatic N) is 4. The van der Waals surface area contributed by atoms with E-state index in [2.05, 4.69) is 20.6 Å². The molecule has 0 atom stereocenters. The summed E-state index contributed by atoms with van der Waals surface area (Å²) in [5.74, 6) is -0.367. The van der Waals surface area contributed by atoms with Crippen LogP contribution >= 0.6 is 11.3 Å². The van der Waals surface area contributed by atoms with Crippen molar-refractivity contribution in [2.45, 2.75) is 26.1 Å². The van der Waals surface area contributed by atoms with Crippen LogP contribution in [-0.2, 0) is 12.7 Å². The summed E-state index contributed by atoms with van der Waals surface area (Å²) < 4.78 is 44.0. The predicted molar refractivity (Wildman–Crippen MR) is 86.5 cm³/mol. The van der Waals surface area contributed by atoms with E-state index in [0.29, 0.717) is 17.9 Å². The number of hydrogen-bond acceptors (Lipinski definition) is 6. The number of rotatable bonds is 6. The van der Waals surface area contributed by atoms with Crippen LogP contribution in [0.25, 0.3) is 10.7 Å². The van der Waals surface area contributed by atoms with Gasteiger partial charge in [-0.1, -0.05) is 11.2 Å². The molecule has 0 aliphatic heterocycles. The van der Waals surface area contributed by atoms with Crippen LogP contribution < -0.4 is 5.32 Å². The molecule has 3 heterocycles. The van der Waals surface area contributed by atoms with Crippen molar-refractivity contribution in [2.24, 2.45) is 0 Å². The van der Waals surface area contributed by atoms with Crippen molar-refractivity contribution in [2.75, 3.05) is 6.54 Å². The highest BCUT2D eigenvalue weighted by Crippen LogP contribution is 2.28. The standard InChI is InChI=1S/C15H14F3N5O2S/c1-9-8-11(15(16,17)18)21-23(9)6-3-5-19-13(24)14-20-12(22-25-14)10-4-2-7-26-10/h2,4,7-8H,3,5-6H2,1H3,(H,19,24). The van der Waals surface area contributed by atoms with Crippen LogP contribution in [0.3, 0.4) is 0 Å². The van der Waals surface area contributed by atoms with Crippen LogP contribution in [0.5, 0.6) is 0 Å². The summed E-state index contributed by atoms with van der Waals surface area (Å²) in [7, 11) is 0. The number of aryl methyl sites for hydroxylation is 2. The highest BCUT2D eigenvalue weighted by Gasteiger charge is 2.34. The average molecular weight is 385 g/mol. The van der Waals surface area contributed by atoms with E-state index in [1.807, 2.05) is 11.4 Å². The Balaban J connectivity index is 1.49. The van der Waals surface area contributed by atoms with Gasteiger partial charge in [0.2, 0.25) is 5.82 Å². The molecular formula is C15H14F3N5O2S. The van der Waals surface area contributed by atoms with E-state index in [-0.39, 0.29) is 19.0 Å². The molecule has 0 radical (unpaired) electrons. The Morgan fingerprint density at radius 1 is 1.42 bits per heavy atom. The quantitative estimate of drug-likeness (QED) is 0.659. The summed E-state index contributed by atoms with van der Waals surface area (Å²) in [6.07, 6.45) is -4.07. The maximum atomic E-state index is 12.6. The molecule has 3 rings (SSSR count). The molecule has 0 spiro atoms. The van der Waals surface area contributed by atoms with Gasteiger partial charge in [-0.25, -0.2) is 0 Å². The van der Waals surface area contributed by atoms with Gasteiger partial charge < -0.3 is 9.84 Å².